The fourth-order valence-electron chi connectivity index (χ4n) is 3.84. The molecule has 0 bridgehead atoms. The molecule has 1 saturated carbocycles. The molecule has 1 heterocycles. The Labute approximate surface area is 117 Å². The van der Waals surface area contributed by atoms with Gasteiger partial charge in [0, 0.05) is 29.6 Å². The summed E-state index contributed by atoms with van der Waals surface area (Å²) in [6.07, 6.45) is -3.89. The lowest BCUT2D eigenvalue weighted by atomic mass is 9.99. The van der Waals surface area contributed by atoms with Crippen molar-refractivity contribution in [3.05, 3.63) is 0 Å². The number of nitrogens with zero attached hydrogens (tertiary/aromatic N) is 1. The molecule has 1 aliphatic heterocycles. The van der Waals surface area contributed by atoms with E-state index in [2.05, 4.69) is 37.9 Å². The van der Waals surface area contributed by atoms with Crippen molar-refractivity contribution in [2.75, 3.05) is 6.54 Å². The highest BCUT2D eigenvalue weighted by molar-refractivity contribution is 5.76. The number of carbonyl (C=O) groups excluding carboxylic acids is 1. The van der Waals surface area contributed by atoms with E-state index >= 15 is 0 Å². The number of likely N-dealkylation sites (tertiary alicyclic amines) is 1. The summed E-state index contributed by atoms with van der Waals surface area (Å²) in [6, 6.07) is 0.803. The van der Waals surface area contributed by atoms with Gasteiger partial charge in [-0.2, -0.15) is 13.2 Å². The molecule has 116 valence electrons. The topological polar surface area (TPSA) is 32.3 Å². The minimum atomic E-state index is -4.43. The molecule has 1 N–H and O–H groups in total. The van der Waals surface area contributed by atoms with Crippen molar-refractivity contribution >= 4 is 5.91 Å². The molecule has 1 aliphatic carbocycles. The van der Waals surface area contributed by atoms with Crippen LogP contribution in [0.3, 0.4) is 0 Å². The van der Waals surface area contributed by atoms with Gasteiger partial charge in [-0.05, 0) is 40.5 Å². The van der Waals surface area contributed by atoms with Gasteiger partial charge in [-0.15, -0.1) is 0 Å². The van der Waals surface area contributed by atoms with E-state index in [0.29, 0.717) is 18.6 Å². The Balaban J connectivity index is 1.89. The third kappa shape index (κ3) is 3.10. The summed E-state index contributed by atoms with van der Waals surface area (Å²) in [7, 11) is 0. The van der Waals surface area contributed by atoms with Crippen LogP contribution < -0.4 is 5.32 Å². The summed E-state index contributed by atoms with van der Waals surface area (Å²) in [5.41, 5.74) is 0.0479. The quantitative estimate of drug-likeness (QED) is 0.867. The van der Waals surface area contributed by atoms with E-state index in [1.807, 2.05) is 0 Å². The number of halogens is 3. The Bertz CT molecular complexity index is 402. The zero-order valence-corrected chi connectivity index (χ0v) is 12.5. The van der Waals surface area contributed by atoms with E-state index < -0.39 is 18.5 Å². The number of fused-ring (bicyclic) bond motifs is 1. The molecular weight excluding hydrogens is 269 g/mol. The maximum atomic E-state index is 12.1. The van der Waals surface area contributed by atoms with Gasteiger partial charge in [0.1, 0.15) is 6.42 Å². The van der Waals surface area contributed by atoms with Crippen LogP contribution in [0.25, 0.3) is 0 Å². The molecule has 2 fully saturated rings. The third-order valence-electron chi connectivity index (χ3n) is 4.43. The number of carbonyl (C=O) groups is 1. The molecular formula is C14H23F3N2O. The fourth-order valence-corrected chi connectivity index (χ4v) is 3.84. The number of hydrogen-bond acceptors (Lipinski definition) is 2. The Hall–Kier alpha value is -0.780. The molecule has 2 aliphatic rings. The predicted molar refractivity (Wildman–Crippen MR) is 70.2 cm³/mol. The van der Waals surface area contributed by atoms with E-state index in [0.717, 1.165) is 12.8 Å². The van der Waals surface area contributed by atoms with Gasteiger partial charge in [-0.3, -0.25) is 9.69 Å². The molecule has 1 saturated heterocycles. The van der Waals surface area contributed by atoms with Gasteiger partial charge in [-0.25, -0.2) is 0 Å². The molecule has 3 nitrogen and oxygen atoms in total. The molecule has 6 heteroatoms. The van der Waals surface area contributed by atoms with Crippen molar-refractivity contribution in [2.24, 2.45) is 5.41 Å². The zero-order chi connectivity index (χ0) is 15.3. The summed E-state index contributed by atoms with van der Waals surface area (Å²) < 4.78 is 36.4. The van der Waals surface area contributed by atoms with Crippen molar-refractivity contribution < 1.29 is 18.0 Å². The lowest BCUT2D eigenvalue weighted by Gasteiger charge is -2.37. The minimum absolute atomic E-state index is 0.00600. The van der Waals surface area contributed by atoms with E-state index in [4.69, 9.17) is 0 Å². The molecule has 0 aromatic heterocycles. The number of amides is 1. The van der Waals surface area contributed by atoms with Gasteiger partial charge in [0.2, 0.25) is 5.91 Å². The smallest absolute Gasteiger partial charge is 0.355 e. The summed E-state index contributed by atoms with van der Waals surface area (Å²) in [5.74, 6) is -0.917. The summed E-state index contributed by atoms with van der Waals surface area (Å²) in [5, 5.41) is 2.47. The van der Waals surface area contributed by atoms with E-state index in [1.165, 1.54) is 0 Å². The van der Waals surface area contributed by atoms with Gasteiger partial charge in [0.25, 0.3) is 0 Å². The van der Waals surface area contributed by atoms with Crippen molar-refractivity contribution in [3.8, 4) is 0 Å². The molecule has 0 unspecified atom stereocenters. The standard InChI is InChI=1S/C14H23F3N2O/c1-9-5-13(6-10(13)19(9)12(2,3)4)8-18-11(20)7-14(15,16)17/h9-10H,5-8H2,1-4H3,(H,18,20)/t9-,10-,13+/m1/s1. The number of nitrogens with one attached hydrogen (secondary N) is 1. The van der Waals surface area contributed by atoms with Crippen LogP contribution >= 0.6 is 0 Å². The van der Waals surface area contributed by atoms with Crippen LogP contribution in [-0.2, 0) is 4.79 Å². The van der Waals surface area contributed by atoms with Crippen molar-refractivity contribution in [2.45, 2.75) is 70.8 Å². The van der Waals surface area contributed by atoms with Crippen LogP contribution in [0, 0.1) is 5.41 Å². The van der Waals surface area contributed by atoms with Gasteiger partial charge < -0.3 is 5.32 Å². The lowest BCUT2D eigenvalue weighted by molar-refractivity contribution is -0.153. The van der Waals surface area contributed by atoms with E-state index in [1.54, 1.807) is 0 Å². The van der Waals surface area contributed by atoms with Crippen LogP contribution in [0.15, 0.2) is 0 Å². The Morgan fingerprint density at radius 3 is 2.35 bits per heavy atom. The molecule has 0 radical (unpaired) electrons. The second-order valence-electron chi connectivity index (χ2n) is 7.28. The summed E-state index contributed by atoms with van der Waals surface area (Å²) in [6.45, 7) is 8.97. The largest absolute Gasteiger partial charge is 0.397 e. The first-order valence-corrected chi connectivity index (χ1v) is 7.06. The normalized spacial score (nSPS) is 34.0. The van der Waals surface area contributed by atoms with Gasteiger partial charge in [-0.1, -0.05) is 0 Å². The first kappa shape index (κ1) is 15.6. The Morgan fingerprint density at radius 2 is 1.90 bits per heavy atom. The molecule has 2 rings (SSSR count). The number of alkyl halides is 3. The summed E-state index contributed by atoms with van der Waals surface area (Å²) >= 11 is 0. The maximum absolute atomic E-state index is 12.1. The first-order valence-electron chi connectivity index (χ1n) is 7.06. The van der Waals surface area contributed by atoms with E-state index in [9.17, 15) is 18.0 Å². The highest BCUT2D eigenvalue weighted by Crippen LogP contribution is 2.60. The highest BCUT2D eigenvalue weighted by atomic mass is 19.4. The van der Waals surface area contributed by atoms with Crippen molar-refractivity contribution in [1.29, 1.82) is 0 Å². The molecule has 0 aromatic rings. The number of piperidine rings is 1. The molecule has 1 amide bonds. The molecule has 0 aromatic carbocycles. The van der Waals surface area contributed by atoms with E-state index in [-0.39, 0.29) is 11.0 Å². The second kappa shape index (κ2) is 4.61. The van der Waals surface area contributed by atoms with Gasteiger partial charge in [0.05, 0.1) is 0 Å². The highest BCUT2D eigenvalue weighted by Gasteiger charge is 2.65. The van der Waals surface area contributed by atoms with Crippen molar-refractivity contribution in [3.63, 3.8) is 0 Å². The van der Waals surface area contributed by atoms with Crippen LogP contribution in [0.4, 0.5) is 13.2 Å². The van der Waals surface area contributed by atoms with Crippen LogP contribution in [-0.4, -0.2) is 41.2 Å². The average Bonchev–Trinajstić information content (AvgIpc) is 2.77. The van der Waals surface area contributed by atoms with Crippen LogP contribution in [0.2, 0.25) is 0 Å². The van der Waals surface area contributed by atoms with Crippen molar-refractivity contribution in [1.82, 2.24) is 10.2 Å². The third-order valence-corrected chi connectivity index (χ3v) is 4.43. The van der Waals surface area contributed by atoms with Gasteiger partial charge >= 0.3 is 6.18 Å². The molecule has 20 heavy (non-hydrogen) atoms. The molecule has 0 spiro atoms. The number of hydrogen-bond donors (Lipinski definition) is 1. The number of rotatable bonds is 3. The first-order chi connectivity index (χ1) is 8.95. The van der Waals surface area contributed by atoms with Gasteiger partial charge in [0.15, 0.2) is 0 Å². The second-order valence-corrected chi connectivity index (χ2v) is 7.28. The average molecular weight is 292 g/mol. The minimum Gasteiger partial charge on any atom is -0.355 e. The fraction of sp³-hybridized carbons (Fsp3) is 0.929. The monoisotopic (exact) mass is 292 g/mol. The molecule has 3 atom stereocenters. The van der Waals surface area contributed by atoms with Crippen LogP contribution in [0.1, 0.15) is 47.0 Å². The predicted octanol–water partition coefficient (Wildman–Crippen LogP) is 2.71. The Morgan fingerprint density at radius 1 is 1.30 bits per heavy atom. The Kier molecular flexibility index (Phi) is 3.60. The zero-order valence-electron chi connectivity index (χ0n) is 12.5. The lowest BCUT2D eigenvalue weighted by Crippen LogP contribution is -2.45. The van der Waals surface area contributed by atoms with Crippen LogP contribution in [0.5, 0.6) is 0 Å². The maximum Gasteiger partial charge on any atom is 0.397 e. The SMILES string of the molecule is C[C@@H]1C[C@@]2(CNC(=O)CC(F)(F)F)C[C@H]2N1C(C)(C)C. The summed E-state index contributed by atoms with van der Waals surface area (Å²) in [4.78, 5) is 13.7.